The number of carbonyl (C=O) groups excluding carboxylic acids is 6. The van der Waals surface area contributed by atoms with Gasteiger partial charge in [-0.1, -0.05) is 0 Å². The van der Waals surface area contributed by atoms with Crippen LogP contribution in [-0.2, 0) is 30.3 Å². The first-order valence-electron chi connectivity index (χ1n) is 15.2. The molecule has 0 aliphatic carbocycles. The van der Waals surface area contributed by atoms with Crippen molar-refractivity contribution in [3.63, 3.8) is 0 Å². The predicted octanol–water partition coefficient (Wildman–Crippen LogP) is 3.80. The summed E-state index contributed by atoms with van der Waals surface area (Å²) in [6, 6.07) is 12.7. The van der Waals surface area contributed by atoms with Gasteiger partial charge in [-0.15, -0.1) is 11.3 Å². The first-order chi connectivity index (χ1) is 24.7. The van der Waals surface area contributed by atoms with Crippen LogP contribution in [0.3, 0.4) is 0 Å². The van der Waals surface area contributed by atoms with Gasteiger partial charge < -0.3 is 43.6 Å². The number of hydrogen-bond acceptors (Lipinski definition) is 14. The molecule has 1 unspecified atom stereocenters. The molecule has 4 rings (SSSR count). The normalized spacial score (nSPS) is 11.2. The summed E-state index contributed by atoms with van der Waals surface area (Å²) in [5.41, 5.74) is 0.232. The van der Waals surface area contributed by atoms with E-state index in [4.69, 9.17) is 28.4 Å². The molecule has 0 aliphatic rings. The number of fused-ring (bicyclic) bond motifs is 1. The number of ether oxygens (including phenoxy) is 6. The van der Waals surface area contributed by atoms with Crippen molar-refractivity contribution in [1.29, 1.82) is 0 Å². The number of hydrogen-bond donors (Lipinski definition) is 3. The van der Waals surface area contributed by atoms with Gasteiger partial charge in [0.1, 0.15) is 17.4 Å². The molecule has 52 heavy (non-hydrogen) atoms. The van der Waals surface area contributed by atoms with E-state index in [9.17, 15) is 37.5 Å². The third-order valence-corrected chi connectivity index (χ3v) is 8.48. The Kier molecular flexibility index (Phi) is 13.4. The molecule has 1 atom stereocenters. The van der Waals surface area contributed by atoms with E-state index in [1.165, 1.54) is 56.3 Å². The highest BCUT2D eigenvalue weighted by atomic mass is 32.2. The molecular weight excluding hydrogens is 725 g/mol. The SMILES string of the molecule is CC(=O)Oc1ccc(C(=O)NCCOc2cc3cc(S(=O)O)sc3cc2OCCNC(=O)c2ccc(OC(C)=O)c(OC(C)=O)c2)cc1OC(C)=O. The highest BCUT2D eigenvalue weighted by molar-refractivity contribution is 7.82. The third-order valence-electron chi connectivity index (χ3n) is 6.45. The smallest absolute Gasteiger partial charge is 0.308 e. The summed E-state index contributed by atoms with van der Waals surface area (Å²) < 4.78 is 54.1. The second-order valence-corrected chi connectivity index (χ2v) is 12.8. The van der Waals surface area contributed by atoms with Gasteiger partial charge in [-0.05, 0) is 53.9 Å². The van der Waals surface area contributed by atoms with Crippen molar-refractivity contribution in [2.45, 2.75) is 31.9 Å². The minimum atomic E-state index is -2.22. The van der Waals surface area contributed by atoms with Crippen molar-refractivity contribution in [2.75, 3.05) is 26.3 Å². The van der Waals surface area contributed by atoms with Crippen LogP contribution >= 0.6 is 11.3 Å². The monoisotopic (exact) mass is 756 g/mol. The van der Waals surface area contributed by atoms with Gasteiger partial charge in [-0.2, -0.15) is 0 Å². The molecule has 274 valence electrons. The molecule has 1 heterocycles. The molecule has 18 heteroatoms. The van der Waals surface area contributed by atoms with Gasteiger partial charge in [0.05, 0.1) is 13.1 Å². The van der Waals surface area contributed by atoms with Crippen LogP contribution in [0, 0.1) is 0 Å². The first kappa shape index (κ1) is 38.9. The zero-order chi connectivity index (χ0) is 37.9. The van der Waals surface area contributed by atoms with Crippen molar-refractivity contribution in [3.05, 3.63) is 65.7 Å². The Morgan fingerprint density at radius 2 is 1.02 bits per heavy atom. The van der Waals surface area contributed by atoms with Crippen molar-refractivity contribution in [1.82, 2.24) is 10.6 Å². The van der Waals surface area contributed by atoms with E-state index in [0.717, 1.165) is 25.2 Å². The Balaban J connectivity index is 1.40. The van der Waals surface area contributed by atoms with Gasteiger partial charge in [0.15, 0.2) is 45.6 Å². The maximum absolute atomic E-state index is 12.8. The number of thiophene rings is 1. The summed E-state index contributed by atoms with van der Waals surface area (Å²) in [6.07, 6.45) is 0. The summed E-state index contributed by atoms with van der Waals surface area (Å²) in [6.45, 7) is 4.63. The van der Waals surface area contributed by atoms with E-state index in [-0.39, 0.29) is 76.1 Å². The largest absolute Gasteiger partial charge is 0.488 e. The molecule has 3 N–H and O–H groups in total. The minimum absolute atomic E-state index is 0.0160. The fourth-order valence-corrected chi connectivity index (χ4v) is 6.02. The average Bonchev–Trinajstić information content (AvgIpc) is 3.49. The second kappa shape index (κ2) is 17.9. The van der Waals surface area contributed by atoms with Crippen LogP contribution < -0.4 is 39.1 Å². The van der Waals surface area contributed by atoms with Crippen LogP contribution in [0.5, 0.6) is 34.5 Å². The fourth-order valence-electron chi connectivity index (χ4n) is 4.44. The highest BCUT2D eigenvalue weighted by Gasteiger charge is 2.18. The maximum atomic E-state index is 12.8. The van der Waals surface area contributed by atoms with Gasteiger partial charge in [0, 0.05) is 49.6 Å². The number of rotatable bonds is 15. The van der Waals surface area contributed by atoms with Gasteiger partial charge in [0.2, 0.25) is 0 Å². The molecule has 0 fully saturated rings. The van der Waals surface area contributed by atoms with Gasteiger partial charge in [0.25, 0.3) is 11.8 Å². The second-order valence-electron chi connectivity index (χ2n) is 10.6. The molecule has 16 nitrogen and oxygen atoms in total. The molecule has 0 saturated heterocycles. The van der Waals surface area contributed by atoms with Crippen LogP contribution in [0.1, 0.15) is 48.4 Å². The van der Waals surface area contributed by atoms with Crippen LogP contribution in [0.2, 0.25) is 0 Å². The van der Waals surface area contributed by atoms with E-state index in [2.05, 4.69) is 10.6 Å². The summed E-state index contributed by atoms with van der Waals surface area (Å²) in [4.78, 5) is 71.4. The zero-order valence-corrected chi connectivity index (χ0v) is 29.7. The fraction of sp³-hybridized carbons (Fsp3) is 0.235. The quantitative estimate of drug-likeness (QED) is 0.0680. The predicted molar refractivity (Wildman–Crippen MR) is 185 cm³/mol. The summed E-state index contributed by atoms with van der Waals surface area (Å²) in [7, 11) is 0. The highest BCUT2D eigenvalue weighted by Crippen LogP contribution is 2.38. The number of amides is 2. The van der Waals surface area contributed by atoms with E-state index < -0.39 is 46.8 Å². The lowest BCUT2D eigenvalue weighted by Crippen LogP contribution is -2.29. The lowest BCUT2D eigenvalue weighted by atomic mass is 10.2. The van der Waals surface area contributed by atoms with E-state index in [0.29, 0.717) is 10.1 Å². The van der Waals surface area contributed by atoms with Crippen LogP contribution in [0.25, 0.3) is 10.1 Å². The van der Waals surface area contributed by atoms with E-state index in [1.54, 1.807) is 12.1 Å². The molecule has 0 bridgehead atoms. The minimum Gasteiger partial charge on any atom is -0.488 e. The van der Waals surface area contributed by atoms with Gasteiger partial charge in [-0.3, -0.25) is 28.8 Å². The number of esters is 4. The molecular formula is C34H32N2O14S2. The molecule has 4 aromatic rings. The van der Waals surface area contributed by atoms with Crippen LogP contribution in [0.15, 0.2) is 58.8 Å². The topological polar surface area (TPSA) is 219 Å². The summed E-state index contributed by atoms with van der Waals surface area (Å²) in [5, 5.41) is 5.94. The van der Waals surface area contributed by atoms with Crippen molar-refractivity contribution in [2.24, 2.45) is 0 Å². The Morgan fingerprint density at radius 1 is 0.596 bits per heavy atom. The molecule has 1 aromatic heterocycles. The van der Waals surface area contributed by atoms with Gasteiger partial charge in [-0.25, -0.2) is 4.21 Å². The lowest BCUT2D eigenvalue weighted by molar-refractivity contribution is -0.134. The number of carbonyl (C=O) groups is 6. The Hall–Kier alpha value is -5.85. The zero-order valence-electron chi connectivity index (χ0n) is 28.1. The summed E-state index contributed by atoms with van der Waals surface area (Å²) >= 11 is -1.14. The van der Waals surface area contributed by atoms with E-state index >= 15 is 0 Å². The van der Waals surface area contributed by atoms with Crippen molar-refractivity contribution < 1.29 is 66.0 Å². The van der Waals surface area contributed by atoms with Crippen LogP contribution in [0.4, 0.5) is 0 Å². The number of nitrogens with one attached hydrogen (secondary N) is 2. The van der Waals surface area contributed by atoms with Gasteiger partial charge >= 0.3 is 23.9 Å². The van der Waals surface area contributed by atoms with Crippen molar-refractivity contribution in [3.8, 4) is 34.5 Å². The molecule has 2 amide bonds. The molecule has 3 aromatic carbocycles. The summed E-state index contributed by atoms with van der Waals surface area (Å²) in [5.74, 6) is -3.51. The number of benzene rings is 3. The third kappa shape index (κ3) is 11.1. The molecule has 0 saturated carbocycles. The maximum Gasteiger partial charge on any atom is 0.308 e. The standard InChI is InChI=1S/C34H32N2O14S2/c1-18(37)47-25-7-5-22(13-29(25)49-20(3)39)33(41)35-9-11-45-27-15-24-16-32(52(43)44)51-31(24)17-28(27)46-12-10-36-34(42)23-6-8-26(48-19(2)38)30(14-23)50-21(4)40/h5-8,13-17H,9-12H2,1-4H3,(H,35,41)(H,36,42)(H,43,44). The Morgan fingerprint density at radius 3 is 1.44 bits per heavy atom. The molecule has 0 spiro atoms. The van der Waals surface area contributed by atoms with Crippen molar-refractivity contribution >= 4 is 68.2 Å². The Labute approximate surface area is 302 Å². The Bertz CT molecular complexity index is 1920. The van der Waals surface area contributed by atoms with E-state index in [1.807, 2.05) is 0 Å². The lowest BCUT2D eigenvalue weighted by Gasteiger charge is -2.15. The molecule has 0 aliphatic heterocycles. The van der Waals surface area contributed by atoms with Crippen LogP contribution in [-0.4, -0.2) is 70.8 Å². The first-order valence-corrected chi connectivity index (χ1v) is 17.1. The molecule has 0 radical (unpaired) electrons. The average molecular weight is 757 g/mol.